The summed E-state index contributed by atoms with van der Waals surface area (Å²) in [5, 5.41) is 10.8. The fourth-order valence-corrected chi connectivity index (χ4v) is 4.06. The molecule has 4 nitrogen and oxygen atoms in total. The number of piperidine rings is 1. The van der Waals surface area contributed by atoms with Crippen molar-refractivity contribution >= 4 is 10.9 Å². The quantitative estimate of drug-likeness (QED) is 0.599. The standard InChI is InChI=1S/C25H26F2N2O2/c1-2-3-13-31-20-7-8-25-21(14-20)18(15-28-11-9-19(30)10-12-28)16-29(25)17-22-23(26)5-4-6-24(22)27/h4-8,14,16,19,30H,9-13,15,17H2,1H3. The lowest BCUT2D eigenvalue weighted by atomic mass is 10.1. The third-order valence-corrected chi connectivity index (χ3v) is 5.76. The van der Waals surface area contributed by atoms with Crippen molar-refractivity contribution in [1.29, 1.82) is 0 Å². The Morgan fingerprint density at radius 3 is 2.55 bits per heavy atom. The predicted molar refractivity (Wildman–Crippen MR) is 117 cm³/mol. The van der Waals surface area contributed by atoms with Gasteiger partial charge in [0.2, 0.25) is 0 Å². The highest BCUT2D eigenvalue weighted by Crippen LogP contribution is 2.29. The Labute approximate surface area is 181 Å². The van der Waals surface area contributed by atoms with Crippen LogP contribution in [0.2, 0.25) is 0 Å². The maximum Gasteiger partial charge on any atom is 0.149 e. The van der Waals surface area contributed by atoms with Crippen LogP contribution in [0.15, 0.2) is 42.6 Å². The third kappa shape index (κ3) is 4.90. The first-order chi connectivity index (χ1) is 15.0. The lowest BCUT2D eigenvalue weighted by molar-refractivity contribution is 0.0794. The van der Waals surface area contributed by atoms with E-state index in [9.17, 15) is 13.9 Å². The Morgan fingerprint density at radius 1 is 1.10 bits per heavy atom. The zero-order chi connectivity index (χ0) is 21.8. The van der Waals surface area contributed by atoms with Crippen LogP contribution in [-0.4, -0.2) is 40.4 Å². The Balaban J connectivity index is 1.69. The number of aliphatic hydroxyl groups excluding tert-OH is 1. The van der Waals surface area contributed by atoms with Gasteiger partial charge in [-0.15, -0.1) is 5.92 Å². The highest BCUT2D eigenvalue weighted by atomic mass is 19.1. The second-order valence-electron chi connectivity index (χ2n) is 7.88. The van der Waals surface area contributed by atoms with Crippen LogP contribution in [0.3, 0.4) is 0 Å². The highest BCUT2D eigenvalue weighted by molar-refractivity contribution is 5.85. The van der Waals surface area contributed by atoms with Gasteiger partial charge in [-0.05, 0) is 55.7 Å². The molecule has 0 amide bonds. The van der Waals surface area contributed by atoms with Crippen LogP contribution in [0.5, 0.6) is 5.75 Å². The van der Waals surface area contributed by atoms with Gasteiger partial charge in [0.15, 0.2) is 0 Å². The van der Waals surface area contributed by atoms with Crippen LogP contribution in [0, 0.1) is 23.5 Å². The maximum absolute atomic E-state index is 14.3. The Hall–Kier alpha value is -2.88. The molecule has 6 heteroatoms. The molecule has 0 bridgehead atoms. The first kappa shape index (κ1) is 21.4. The molecule has 162 valence electrons. The molecule has 2 heterocycles. The van der Waals surface area contributed by atoms with E-state index in [0.29, 0.717) is 18.9 Å². The molecule has 4 rings (SSSR count). The van der Waals surface area contributed by atoms with Crippen LogP contribution < -0.4 is 4.74 Å². The molecule has 1 fully saturated rings. The fraction of sp³-hybridized carbons (Fsp3) is 0.360. The van der Waals surface area contributed by atoms with Gasteiger partial charge in [-0.2, -0.15) is 0 Å². The van der Waals surface area contributed by atoms with Crippen LogP contribution >= 0.6 is 0 Å². The average Bonchev–Trinajstić information content (AvgIpc) is 3.09. The van der Waals surface area contributed by atoms with Gasteiger partial charge in [-0.25, -0.2) is 8.78 Å². The van der Waals surface area contributed by atoms with E-state index in [0.717, 1.165) is 42.4 Å². The molecule has 0 spiro atoms. The van der Waals surface area contributed by atoms with Crippen molar-refractivity contribution in [1.82, 2.24) is 9.47 Å². The van der Waals surface area contributed by atoms with Gasteiger partial charge in [-0.3, -0.25) is 4.90 Å². The van der Waals surface area contributed by atoms with Crippen LogP contribution in [0.4, 0.5) is 8.78 Å². The second kappa shape index (κ2) is 9.51. The summed E-state index contributed by atoms with van der Waals surface area (Å²) in [6.45, 7) is 4.52. The number of halogens is 2. The summed E-state index contributed by atoms with van der Waals surface area (Å²) >= 11 is 0. The highest BCUT2D eigenvalue weighted by Gasteiger charge is 2.20. The number of aromatic nitrogens is 1. The van der Waals surface area contributed by atoms with E-state index in [2.05, 4.69) is 16.7 Å². The summed E-state index contributed by atoms with van der Waals surface area (Å²) in [6.07, 6.45) is 3.24. The zero-order valence-corrected chi connectivity index (χ0v) is 17.6. The Morgan fingerprint density at radius 2 is 1.84 bits per heavy atom. The summed E-state index contributed by atoms with van der Waals surface area (Å²) in [5.41, 5.74) is 2.00. The van der Waals surface area contributed by atoms with E-state index in [1.54, 1.807) is 6.92 Å². The minimum atomic E-state index is -0.550. The second-order valence-corrected chi connectivity index (χ2v) is 7.88. The van der Waals surface area contributed by atoms with E-state index < -0.39 is 11.6 Å². The summed E-state index contributed by atoms with van der Waals surface area (Å²) in [6, 6.07) is 9.69. The van der Waals surface area contributed by atoms with Crippen molar-refractivity contribution in [3.63, 3.8) is 0 Å². The van der Waals surface area contributed by atoms with Gasteiger partial charge in [0, 0.05) is 42.3 Å². The lowest BCUT2D eigenvalue weighted by Gasteiger charge is -2.29. The van der Waals surface area contributed by atoms with Crippen molar-refractivity contribution in [2.24, 2.45) is 0 Å². The summed E-state index contributed by atoms with van der Waals surface area (Å²) in [5.74, 6) is 5.31. The van der Waals surface area contributed by atoms with Gasteiger partial charge in [0.05, 0.1) is 12.6 Å². The molecule has 1 aromatic heterocycles. The number of hydrogen-bond donors (Lipinski definition) is 1. The van der Waals surface area contributed by atoms with Gasteiger partial charge in [0.25, 0.3) is 0 Å². The number of nitrogens with zero attached hydrogens (tertiary/aromatic N) is 2. The molecule has 0 aliphatic carbocycles. The first-order valence-electron chi connectivity index (χ1n) is 10.5. The molecule has 0 atom stereocenters. The van der Waals surface area contributed by atoms with Crippen LogP contribution in [-0.2, 0) is 13.1 Å². The van der Waals surface area contributed by atoms with Crippen molar-refractivity contribution in [3.05, 3.63) is 65.4 Å². The molecule has 2 aromatic carbocycles. The minimum absolute atomic E-state index is 0.0468. The number of likely N-dealkylation sites (tertiary alicyclic amines) is 1. The first-order valence-corrected chi connectivity index (χ1v) is 10.5. The largest absolute Gasteiger partial charge is 0.481 e. The van der Waals surface area contributed by atoms with E-state index in [1.165, 1.54) is 18.2 Å². The van der Waals surface area contributed by atoms with Gasteiger partial charge < -0.3 is 14.4 Å². The zero-order valence-electron chi connectivity index (χ0n) is 17.6. The fourth-order valence-electron chi connectivity index (χ4n) is 4.06. The number of benzene rings is 2. The smallest absolute Gasteiger partial charge is 0.149 e. The molecule has 0 unspecified atom stereocenters. The van der Waals surface area contributed by atoms with Gasteiger partial charge in [0.1, 0.15) is 24.0 Å². The van der Waals surface area contributed by atoms with Gasteiger partial charge in [-0.1, -0.05) is 12.0 Å². The minimum Gasteiger partial charge on any atom is -0.481 e. The van der Waals surface area contributed by atoms with Crippen molar-refractivity contribution in [3.8, 4) is 17.6 Å². The lowest BCUT2D eigenvalue weighted by Crippen LogP contribution is -2.35. The number of ether oxygens (including phenoxy) is 1. The van der Waals surface area contributed by atoms with E-state index in [-0.39, 0.29) is 18.2 Å². The molecule has 1 N–H and O–H groups in total. The van der Waals surface area contributed by atoms with E-state index in [1.807, 2.05) is 29.0 Å². The molecule has 1 saturated heterocycles. The van der Waals surface area contributed by atoms with E-state index >= 15 is 0 Å². The van der Waals surface area contributed by atoms with Crippen LogP contribution in [0.25, 0.3) is 10.9 Å². The number of rotatable bonds is 6. The molecule has 31 heavy (non-hydrogen) atoms. The number of fused-ring (bicyclic) bond motifs is 1. The summed E-state index contributed by atoms with van der Waals surface area (Å²) < 4.78 is 36.2. The van der Waals surface area contributed by atoms with Gasteiger partial charge >= 0.3 is 0 Å². The number of aliphatic hydroxyl groups is 1. The molecular weight excluding hydrogens is 398 g/mol. The summed E-state index contributed by atoms with van der Waals surface area (Å²) in [4.78, 5) is 2.30. The normalized spacial score (nSPS) is 15.1. The van der Waals surface area contributed by atoms with Crippen molar-refractivity contribution in [2.45, 2.75) is 39.0 Å². The molecule has 3 aromatic rings. The Kier molecular flexibility index (Phi) is 6.55. The van der Waals surface area contributed by atoms with Crippen LogP contribution in [0.1, 0.15) is 30.9 Å². The molecule has 0 saturated carbocycles. The summed E-state index contributed by atoms with van der Waals surface area (Å²) in [7, 11) is 0. The SMILES string of the molecule is CC#CCOc1ccc2c(c1)c(CN1CCC(O)CC1)cn2Cc1c(F)cccc1F. The average molecular weight is 424 g/mol. The predicted octanol–water partition coefficient (Wildman–Crippen LogP) is 4.33. The monoisotopic (exact) mass is 424 g/mol. The van der Waals surface area contributed by atoms with Crippen molar-refractivity contribution in [2.75, 3.05) is 19.7 Å². The topological polar surface area (TPSA) is 37.6 Å². The third-order valence-electron chi connectivity index (χ3n) is 5.76. The molecule has 1 aliphatic heterocycles. The Bertz CT molecular complexity index is 1100. The van der Waals surface area contributed by atoms with Crippen molar-refractivity contribution < 1.29 is 18.6 Å². The van der Waals surface area contributed by atoms with E-state index in [4.69, 9.17) is 4.74 Å². The molecular formula is C25H26F2N2O2. The molecule has 0 radical (unpaired) electrons. The molecule has 1 aliphatic rings. The number of hydrogen-bond acceptors (Lipinski definition) is 3. The maximum atomic E-state index is 14.3.